The summed E-state index contributed by atoms with van der Waals surface area (Å²) in [6.45, 7) is 2.09. The molecule has 0 aliphatic rings. The molecule has 1 aromatic carbocycles. The Morgan fingerprint density at radius 3 is 2.35 bits per heavy atom. The predicted octanol–water partition coefficient (Wildman–Crippen LogP) is 2.93. The molecule has 1 atom stereocenters. The Morgan fingerprint density at radius 2 is 1.85 bits per heavy atom. The highest BCUT2D eigenvalue weighted by Gasteiger charge is 2.20. The van der Waals surface area contributed by atoms with Gasteiger partial charge in [-0.3, -0.25) is 9.59 Å². The van der Waals surface area contributed by atoms with Crippen LogP contribution >= 0.6 is 11.6 Å². The highest BCUT2D eigenvalue weighted by molar-refractivity contribution is 6.27. The Labute approximate surface area is 124 Å². The fourth-order valence-corrected chi connectivity index (χ4v) is 2.04. The Balaban J connectivity index is 2.84. The van der Waals surface area contributed by atoms with Gasteiger partial charge in [-0.1, -0.05) is 12.1 Å². The second-order valence-corrected chi connectivity index (χ2v) is 4.62. The van der Waals surface area contributed by atoms with Gasteiger partial charge in [-0.2, -0.15) is 0 Å². The van der Waals surface area contributed by atoms with E-state index in [1.165, 1.54) is 0 Å². The fraction of sp³-hybridized carbons (Fsp3) is 0.467. The molecule has 0 amide bonds. The minimum absolute atomic E-state index is 0.0462. The molecule has 110 valence electrons. The number of ether oxygens (including phenoxy) is 2. The Bertz CT molecular complexity index is 442. The summed E-state index contributed by atoms with van der Waals surface area (Å²) in [5.41, 5.74) is 0.900. The van der Waals surface area contributed by atoms with Gasteiger partial charge in [-0.25, -0.2) is 0 Å². The predicted molar refractivity (Wildman–Crippen MR) is 77.3 cm³/mol. The first-order valence-corrected chi connectivity index (χ1v) is 7.01. The molecule has 0 aliphatic heterocycles. The third kappa shape index (κ3) is 5.21. The van der Waals surface area contributed by atoms with Crippen LogP contribution < -0.4 is 4.74 Å². The lowest BCUT2D eigenvalue weighted by Gasteiger charge is -2.16. The van der Waals surface area contributed by atoms with Crippen molar-refractivity contribution in [3.8, 4) is 5.75 Å². The number of carbonyl (C=O) groups excluding carboxylic acids is 2. The van der Waals surface area contributed by atoms with Gasteiger partial charge in [-0.15, -0.1) is 11.6 Å². The van der Waals surface area contributed by atoms with E-state index in [2.05, 4.69) is 0 Å². The van der Waals surface area contributed by atoms with Crippen molar-refractivity contribution >= 4 is 23.4 Å². The first-order chi connectivity index (χ1) is 9.60. The molecular formula is C15H19ClO4. The zero-order valence-corrected chi connectivity index (χ0v) is 12.5. The topological polar surface area (TPSA) is 52.6 Å². The second-order valence-electron chi connectivity index (χ2n) is 4.36. The number of benzene rings is 1. The lowest BCUT2D eigenvalue weighted by molar-refractivity contribution is -0.143. The van der Waals surface area contributed by atoms with Crippen LogP contribution in [0.25, 0.3) is 0 Å². The summed E-state index contributed by atoms with van der Waals surface area (Å²) in [7, 11) is 1.59. The van der Waals surface area contributed by atoms with Gasteiger partial charge in [0.25, 0.3) is 0 Å². The molecule has 1 unspecified atom stereocenters. The molecule has 0 aromatic heterocycles. The third-order valence-electron chi connectivity index (χ3n) is 2.93. The highest BCUT2D eigenvalue weighted by Crippen LogP contribution is 2.26. The normalized spacial score (nSPS) is 11.8. The van der Waals surface area contributed by atoms with E-state index in [4.69, 9.17) is 21.1 Å². The van der Waals surface area contributed by atoms with E-state index in [9.17, 15) is 9.59 Å². The number of hydrogen-bond acceptors (Lipinski definition) is 4. The molecule has 0 radical (unpaired) electrons. The van der Waals surface area contributed by atoms with Crippen molar-refractivity contribution in [2.45, 2.75) is 25.7 Å². The number of esters is 1. The van der Waals surface area contributed by atoms with Crippen LogP contribution in [0.3, 0.4) is 0 Å². The molecule has 1 aromatic rings. The number of Topliss-reactive ketones (excluding diaryl/α,β-unsaturated/α-hetero) is 1. The Kier molecular flexibility index (Phi) is 7.09. The number of halogens is 1. The molecule has 0 saturated heterocycles. The van der Waals surface area contributed by atoms with Crippen molar-refractivity contribution in [3.63, 3.8) is 0 Å². The van der Waals surface area contributed by atoms with Crippen molar-refractivity contribution in [3.05, 3.63) is 29.8 Å². The molecule has 0 saturated carbocycles. The van der Waals surface area contributed by atoms with E-state index in [1.54, 1.807) is 26.2 Å². The maximum absolute atomic E-state index is 11.6. The van der Waals surface area contributed by atoms with Gasteiger partial charge in [0, 0.05) is 12.3 Å². The number of alkyl halides is 1. The van der Waals surface area contributed by atoms with Gasteiger partial charge >= 0.3 is 5.97 Å². The molecule has 1 rings (SSSR count). The summed E-state index contributed by atoms with van der Waals surface area (Å²) < 4.78 is 10.0. The maximum atomic E-state index is 11.6. The molecule has 0 aliphatic carbocycles. The number of carbonyl (C=O) groups is 2. The van der Waals surface area contributed by atoms with Crippen LogP contribution in [0, 0.1) is 0 Å². The number of rotatable bonds is 8. The van der Waals surface area contributed by atoms with E-state index >= 15 is 0 Å². The van der Waals surface area contributed by atoms with Crippen molar-refractivity contribution in [1.29, 1.82) is 0 Å². The zero-order chi connectivity index (χ0) is 15.0. The van der Waals surface area contributed by atoms with Crippen LogP contribution in [-0.4, -0.2) is 31.3 Å². The number of ketones is 1. The molecule has 0 N–H and O–H groups in total. The first-order valence-electron chi connectivity index (χ1n) is 6.47. The lowest BCUT2D eigenvalue weighted by atomic mass is 9.91. The van der Waals surface area contributed by atoms with Gasteiger partial charge < -0.3 is 9.47 Å². The van der Waals surface area contributed by atoms with Crippen LogP contribution in [0.1, 0.15) is 31.2 Å². The lowest BCUT2D eigenvalue weighted by Crippen LogP contribution is -2.14. The largest absolute Gasteiger partial charge is 0.497 e. The van der Waals surface area contributed by atoms with Gasteiger partial charge in [0.2, 0.25) is 0 Å². The smallest absolute Gasteiger partial charge is 0.306 e. The fourth-order valence-electron chi connectivity index (χ4n) is 1.93. The highest BCUT2D eigenvalue weighted by atomic mass is 35.5. The average molecular weight is 299 g/mol. The van der Waals surface area contributed by atoms with Crippen molar-refractivity contribution in [1.82, 2.24) is 0 Å². The minimum atomic E-state index is -0.310. The van der Waals surface area contributed by atoms with Gasteiger partial charge in [0.1, 0.15) is 11.5 Å². The van der Waals surface area contributed by atoms with Crippen LogP contribution in [0.2, 0.25) is 0 Å². The standard InChI is InChI=1S/C15H19ClO4/c1-3-20-15(18)9-12(8-13(17)10-16)11-4-6-14(19-2)7-5-11/h4-7,12H,3,8-10H2,1-2H3. The summed E-state index contributed by atoms with van der Waals surface area (Å²) in [4.78, 5) is 23.2. The minimum Gasteiger partial charge on any atom is -0.497 e. The molecule has 0 bridgehead atoms. The van der Waals surface area contributed by atoms with E-state index in [1.807, 2.05) is 12.1 Å². The molecule has 0 spiro atoms. The molecule has 20 heavy (non-hydrogen) atoms. The van der Waals surface area contributed by atoms with Gasteiger partial charge in [-0.05, 0) is 24.6 Å². The number of methoxy groups -OCH3 is 1. The number of hydrogen-bond donors (Lipinski definition) is 0. The maximum Gasteiger partial charge on any atom is 0.306 e. The van der Waals surface area contributed by atoms with Crippen LogP contribution in [0.15, 0.2) is 24.3 Å². The van der Waals surface area contributed by atoms with Gasteiger partial charge in [0.05, 0.1) is 26.0 Å². The molecular weight excluding hydrogens is 280 g/mol. The van der Waals surface area contributed by atoms with Crippen LogP contribution in [0.4, 0.5) is 0 Å². The van der Waals surface area contributed by atoms with Crippen molar-refractivity contribution in [2.24, 2.45) is 0 Å². The molecule has 0 heterocycles. The summed E-state index contributed by atoms with van der Waals surface area (Å²) in [5, 5.41) is 0. The summed E-state index contributed by atoms with van der Waals surface area (Å²) in [6, 6.07) is 7.31. The van der Waals surface area contributed by atoms with Crippen molar-refractivity contribution in [2.75, 3.05) is 19.6 Å². The van der Waals surface area contributed by atoms with E-state index < -0.39 is 0 Å². The molecule has 4 nitrogen and oxygen atoms in total. The van der Waals surface area contributed by atoms with Crippen LogP contribution in [0.5, 0.6) is 5.75 Å². The van der Waals surface area contributed by atoms with E-state index in [0.717, 1.165) is 11.3 Å². The second kappa shape index (κ2) is 8.59. The molecule has 5 heteroatoms. The quantitative estimate of drug-likeness (QED) is 0.547. The SMILES string of the molecule is CCOC(=O)CC(CC(=O)CCl)c1ccc(OC)cc1. The first kappa shape index (κ1) is 16.5. The Morgan fingerprint density at radius 1 is 1.20 bits per heavy atom. The van der Waals surface area contributed by atoms with Crippen molar-refractivity contribution < 1.29 is 19.1 Å². The van der Waals surface area contributed by atoms with E-state index in [0.29, 0.717) is 6.61 Å². The van der Waals surface area contributed by atoms with E-state index in [-0.39, 0.29) is 36.4 Å². The third-order valence-corrected chi connectivity index (χ3v) is 3.23. The zero-order valence-electron chi connectivity index (χ0n) is 11.7. The summed E-state index contributed by atoms with van der Waals surface area (Å²) in [5.74, 6) is 0.0705. The monoisotopic (exact) mass is 298 g/mol. The Hall–Kier alpha value is -1.55. The average Bonchev–Trinajstić information content (AvgIpc) is 2.46. The van der Waals surface area contributed by atoms with Crippen LogP contribution in [-0.2, 0) is 14.3 Å². The summed E-state index contributed by atoms with van der Waals surface area (Å²) in [6.07, 6.45) is 0.400. The summed E-state index contributed by atoms with van der Waals surface area (Å²) >= 11 is 5.54. The van der Waals surface area contributed by atoms with Gasteiger partial charge in [0.15, 0.2) is 0 Å². The molecule has 0 fully saturated rings.